The Hall–Kier alpha value is -4.37. The number of likely N-dealkylation sites (N-methyl/N-ethyl adjacent to an activating group) is 1. The molecule has 2 bridgehead atoms. The Morgan fingerprint density at radius 3 is 2.40 bits per heavy atom. The Kier molecular flexibility index (Phi) is 11.1. The van der Waals surface area contributed by atoms with Crippen LogP contribution >= 0.6 is 0 Å². The van der Waals surface area contributed by atoms with E-state index in [0.717, 1.165) is 11.1 Å². The van der Waals surface area contributed by atoms with Crippen LogP contribution in [-0.4, -0.2) is 108 Å². The summed E-state index contributed by atoms with van der Waals surface area (Å²) < 4.78 is 33.9. The van der Waals surface area contributed by atoms with E-state index in [1.54, 1.807) is 54.7 Å². The van der Waals surface area contributed by atoms with E-state index < -0.39 is 70.4 Å². The van der Waals surface area contributed by atoms with Crippen molar-refractivity contribution in [2.75, 3.05) is 27.2 Å². The van der Waals surface area contributed by atoms with Gasteiger partial charge in [0.15, 0.2) is 23.7 Å². The number of aliphatic hydroxyl groups is 1. The minimum Gasteiger partial charge on any atom is -0.493 e. The van der Waals surface area contributed by atoms with E-state index in [9.17, 15) is 29.1 Å². The van der Waals surface area contributed by atoms with Crippen LogP contribution < -0.4 is 20.1 Å². The molecular formula is C38H53N3O12. The maximum atomic E-state index is 13.3. The number of ether oxygens (including phenoxy) is 6. The first-order chi connectivity index (χ1) is 24.7. The monoisotopic (exact) mass is 743 g/mol. The van der Waals surface area contributed by atoms with E-state index in [-0.39, 0.29) is 44.0 Å². The van der Waals surface area contributed by atoms with Crippen molar-refractivity contribution in [3.8, 4) is 11.5 Å². The fourth-order valence-electron chi connectivity index (χ4n) is 7.88. The van der Waals surface area contributed by atoms with Crippen LogP contribution in [0.4, 0.5) is 4.79 Å². The molecule has 0 aromatic heterocycles. The van der Waals surface area contributed by atoms with Gasteiger partial charge in [-0.05, 0) is 99.0 Å². The lowest BCUT2D eigenvalue weighted by atomic mass is 9.50. The van der Waals surface area contributed by atoms with Gasteiger partial charge in [0, 0.05) is 31.0 Å². The number of amides is 2. The van der Waals surface area contributed by atoms with Gasteiger partial charge in [-0.15, -0.1) is 0 Å². The summed E-state index contributed by atoms with van der Waals surface area (Å²) in [5, 5.41) is 17.4. The number of nitrogens with zero attached hydrogens (tertiary/aromatic N) is 1. The fourth-order valence-corrected chi connectivity index (χ4v) is 7.88. The van der Waals surface area contributed by atoms with Gasteiger partial charge in [0.1, 0.15) is 23.0 Å². The lowest BCUT2D eigenvalue weighted by Crippen LogP contribution is -2.74. The second kappa shape index (κ2) is 14.8. The number of hydrogen-bond acceptors (Lipinski definition) is 13. The third-order valence-electron chi connectivity index (χ3n) is 10.1. The molecule has 2 aliphatic heterocycles. The van der Waals surface area contributed by atoms with Crippen LogP contribution in [0.15, 0.2) is 24.0 Å². The molecule has 1 unspecified atom stereocenters. The largest absolute Gasteiger partial charge is 0.493 e. The Morgan fingerprint density at radius 1 is 1.04 bits per heavy atom. The maximum absolute atomic E-state index is 13.3. The van der Waals surface area contributed by atoms with Gasteiger partial charge in [0.25, 0.3) is 0 Å². The SMILES string of the molecule is COc1ccc2c3c1O[C@H]1C(OC(=O)[C@H](C)OC(=O)CCNC(=O)C(CCC(=O)OC(C)(C)C)NC(=O)OC(C)(C)C)=CC[C@@]4(O)[C@@H](C2)N(C)CC[C@]314. The summed E-state index contributed by atoms with van der Waals surface area (Å²) in [6, 6.07) is 2.53. The number of likely N-dealkylation sites (tertiary alicyclic amines) is 1. The number of methoxy groups -OCH3 is 1. The summed E-state index contributed by atoms with van der Waals surface area (Å²) in [6.07, 6.45) is -0.378. The first-order valence-corrected chi connectivity index (χ1v) is 18.1. The van der Waals surface area contributed by atoms with Gasteiger partial charge < -0.3 is 49.1 Å². The zero-order chi connectivity index (χ0) is 39.1. The van der Waals surface area contributed by atoms with Gasteiger partial charge in [0.2, 0.25) is 5.91 Å². The Balaban J connectivity index is 1.18. The van der Waals surface area contributed by atoms with Crippen molar-refractivity contribution in [2.24, 2.45) is 0 Å². The zero-order valence-corrected chi connectivity index (χ0v) is 32.1. The van der Waals surface area contributed by atoms with Crippen LogP contribution in [-0.2, 0) is 50.0 Å². The van der Waals surface area contributed by atoms with E-state index in [2.05, 4.69) is 15.5 Å². The van der Waals surface area contributed by atoms with Crippen LogP contribution in [0.5, 0.6) is 11.5 Å². The van der Waals surface area contributed by atoms with E-state index >= 15 is 0 Å². The second-order valence-electron chi connectivity index (χ2n) is 16.2. The number of esters is 3. The first-order valence-electron chi connectivity index (χ1n) is 18.1. The quantitative estimate of drug-likeness (QED) is 0.210. The average Bonchev–Trinajstić information content (AvgIpc) is 3.40. The molecule has 5 rings (SSSR count). The molecule has 2 aliphatic carbocycles. The van der Waals surface area contributed by atoms with Gasteiger partial charge in [0.05, 0.1) is 24.5 Å². The number of alkyl carbamates (subject to hydrolysis) is 1. The second-order valence-corrected chi connectivity index (χ2v) is 16.2. The van der Waals surface area contributed by atoms with Crippen LogP contribution in [0.3, 0.4) is 0 Å². The molecule has 1 aromatic carbocycles. The molecule has 6 atom stereocenters. The standard InChI is InChI=1S/C38H53N3O12/c1-21(49-27(42)15-18-39-32(44)23(40-34(46)53-36(5,6)7)11-13-28(43)52-35(2,3)4)33(45)50-25-14-16-38(47)26-20-22-10-12-24(48-9)30-29(22)37(38,31(25)51-30)17-19-41(26)8/h10,12,14,21,23,26,31,47H,11,13,15-20H2,1-9H3,(H,39,44)(H,40,46)/t21-,23?,26+,31-,37-,38+/m0/s1. The van der Waals surface area contributed by atoms with E-state index in [4.69, 9.17) is 28.4 Å². The zero-order valence-electron chi connectivity index (χ0n) is 32.1. The van der Waals surface area contributed by atoms with Crippen molar-refractivity contribution in [3.05, 3.63) is 35.1 Å². The van der Waals surface area contributed by atoms with Crippen molar-refractivity contribution in [3.63, 3.8) is 0 Å². The predicted octanol–water partition coefficient (Wildman–Crippen LogP) is 2.97. The summed E-state index contributed by atoms with van der Waals surface area (Å²) in [6.45, 7) is 12.1. The molecule has 0 radical (unpaired) electrons. The normalized spacial score (nSPS) is 25.4. The van der Waals surface area contributed by atoms with Crippen LogP contribution in [0.25, 0.3) is 0 Å². The van der Waals surface area contributed by atoms with Gasteiger partial charge >= 0.3 is 24.0 Å². The van der Waals surface area contributed by atoms with Crippen LogP contribution in [0.2, 0.25) is 0 Å². The smallest absolute Gasteiger partial charge is 0.408 e. The highest BCUT2D eigenvalue weighted by Crippen LogP contribution is 2.65. The Bertz CT molecular complexity index is 1660. The van der Waals surface area contributed by atoms with Crippen LogP contribution in [0, 0.1) is 0 Å². The van der Waals surface area contributed by atoms with Crippen molar-refractivity contribution in [2.45, 2.75) is 134 Å². The molecule has 3 N–H and O–H groups in total. The van der Waals surface area contributed by atoms with Crippen molar-refractivity contribution < 1.29 is 57.5 Å². The molecule has 4 aliphatic rings. The average molecular weight is 744 g/mol. The molecule has 1 saturated heterocycles. The molecule has 2 amide bonds. The van der Waals surface area contributed by atoms with Crippen LogP contribution in [0.1, 0.15) is 91.7 Å². The maximum Gasteiger partial charge on any atom is 0.408 e. The molecule has 1 aromatic rings. The topological polar surface area (TPSA) is 188 Å². The molecule has 15 nitrogen and oxygen atoms in total. The third-order valence-corrected chi connectivity index (χ3v) is 10.1. The number of benzene rings is 1. The summed E-state index contributed by atoms with van der Waals surface area (Å²) in [4.78, 5) is 66.1. The molecule has 15 heteroatoms. The molecular weight excluding hydrogens is 690 g/mol. The summed E-state index contributed by atoms with van der Waals surface area (Å²) in [5.41, 5.74) is -1.65. The third kappa shape index (κ3) is 8.10. The lowest BCUT2D eigenvalue weighted by Gasteiger charge is -2.61. The number of carbonyl (C=O) groups excluding carboxylic acids is 5. The van der Waals surface area contributed by atoms with Gasteiger partial charge in [-0.3, -0.25) is 14.4 Å². The molecule has 1 fully saturated rings. The molecule has 53 heavy (non-hydrogen) atoms. The summed E-state index contributed by atoms with van der Waals surface area (Å²) >= 11 is 0. The molecule has 1 spiro atoms. The highest BCUT2D eigenvalue weighted by atomic mass is 16.6. The van der Waals surface area contributed by atoms with Crippen molar-refractivity contribution in [1.29, 1.82) is 0 Å². The van der Waals surface area contributed by atoms with Crippen molar-refractivity contribution >= 4 is 29.9 Å². The highest BCUT2D eigenvalue weighted by molar-refractivity contribution is 5.87. The van der Waals surface area contributed by atoms with Gasteiger partial charge in [-0.2, -0.15) is 0 Å². The number of rotatable bonds is 12. The number of carbonyl (C=O) groups is 5. The Labute approximate surface area is 310 Å². The molecule has 292 valence electrons. The van der Waals surface area contributed by atoms with E-state index in [1.807, 2.05) is 19.2 Å². The number of hydrogen-bond donors (Lipinski definition) is 3. The minimum atomic E-state index is -1.31. The summed E-state index contributed by atoms with van der Waals surface area (Å²) in [5.74, 6) is -1.51. The minimum absolute atomic E-state index is 0.0803. The van der Waals surface area contributed by atoms with Crippen molar-refractivity contribution in [1.82, 2.24) is 15.5 Å². The molecule has 2 heterocycles. The van der Waals surface area contributed by atoms with Gasteiger partial charge in [-0.25, -0.2) is 9.59 Å². The van der Waals surface area contributed by atoms with E-state index in [1.165, 1.54) is 6.92 Å². The lowest BCUT2D eigenvalue weighted by molar-refractivity contribution is -0.175. The first kappa shape index (κ1) is 39.8. The number of piperidine rings is 1. The number of nitrogens with one attached hydrogen (secondary N) is 2. The van der Waals surface area contributed by atoms with Gasteiger partial charge in [-0.1, -0.05) is 6.07 Å². The Morgan fingerprint density at radius 2 is 1.74 bits per heavy atom. The van der Waals surface area contributed by atoms with E-state index in [0.29, 0.717) is 30.9 Å². The highest BCUT2D eigenvalue weighted by Gasteiger charge is 2.72. The molecule has 0 saturated carbocycles. The predicted molar refractivity (Wildman–Crippen MR) is 189 cm³/mol. The fraction of sp³-hybridized carbons (Fsp3) is 0.658. The summed E-state index contributed by atoms with van der Waals surface area (Å²) in [7, 11) is 3.56.